The summed E-state index contributed by atoms with van der Waals surface area (Å²) in [6, 6.07) is 7.53. The third kappa shape index (κ3) is 3.01. The van der Waals surface area contributed by atoms with Gasteiger partial charge in [-0.05, 0) is 17.5 Å². The topological polar surface area (TPSA) is 52.0 Å². The van der Waals surface area contributed by atoms with E-state index in [-0.39, 0.29) is 5.92 Å². The van der Waals surface area contributed by atoms with Crippen molar-refractivity contribution in [2.45, 2.75) is 31.8 Å². The van der Waals surface area contributed by atoms with E-state index >= 15 is 0 Å². The molecule has 0 amide bonds. The summed E-state index contributed by atoms with van der Waals surface area (Å²) < 4.78 is 12.5. The normalized spacial score (nSPS) is 14.9. The van der Waals surface area contributed by atoms with Crippen molar-refractivity contribution in [2.75, 3.05) is 6.67 Å². The lowest BCUT2D eigenvalue weighted by atomic mass is 9.90. The quantitative estimate of drug-likeness (QED) is 0.780. The zero-order chi connectivity index (χ0) is 11.3. The van der Waals surface area contributed by atoms with E-state index in [0.717, 1.165) is 17.5 Å². The monoisotopic (exact) mass is 210 g/mol. The van der Waals surface area contributed by atoms with Crippen LogP contribution >= 0.6 is 0 Å². The molecule has 0 aromatic heterocycles. The molecular weight excluding hydrogens is 191 g/mol. The van der Waals surface area contributed by atoms with E-state index in [0.29, 0.717) is 6.54 Å². The molecule has 4 N–H and O–H groups in total. The van der Waals surface area contributed by atoms with Crippen molar-refractivity contribution in [1.82, 2.24) is 0 Å². The Labute approximate surface area is 90.5 Å². The number of hydrogen-bond acceptors (Lipinski definition) is 2. The largest absolute Gasteiger partial charge is 0.326 e. The molecule has 2 nitrogen and oxygen atoms in total. The molecule has 0 radical (unpaired) electrons. The Morgan fingerprint density at radius 3 is 2.27 bits per heavy atom. The van der Waals surface area contributed by atoms with Crippen LogP contribution in [0.25, 0.3) is 0 Å². The summed E-state index contributed by atoms with van der Waals surface area (Å²) in [5.74, 6) is 0.0989. The third-order valence-corrected chi connectivity index (χ3v) is 2.78. The number of rotatable bonds is 5. The van der Waals surface area contributed by atoms with Gasteiger partial charge >= 0.3 is 0 Å². The predicted molar refractivity (Wildman–Crippen MR) is 61.3 cm³/mol. The molecule has 1 aromatic rings. The van der Waals surface area contributed by atoms with Crippen molar-refractivity contribution < 1.29 is 4.39 Å². The number of nitrogens with two attached hydrogens (primary N) is 2. The summed E-state index contributed by atoms with van der Waals surface area (Å²) >= 11 is 0. The van der Waals surface area contributed by atoms with Crippen molar-refractivity contribution in [3.8, 4) is 0 Å². The van der Waals surface area contributed by atoms with E-state index in [2.05, 4.69) is 0 Å². The molecule has 0 aliphatic rings. The first-order valence-electron chi connectivity index (χ1n) is 5.33. The molecule has 2 atom stereocenters. The Hall–Kier alpha value is -0.930. The molecule has 0 saturated carbocycles. The molecule has 84 valence electrons. The first kappa shape index (κ1) is 12.1. The van der Waals surface area contributed by atoms with Crippen molar-refractivity contribution >= 4 is 0 Å². The minimum absolute atomic E-state index is 0.0989. The van der Waals surface area contributed by atoms with Gasteiger partial charge in [-0.15, -0.1) is 0 Å². The summed E-state index contributed by atoms with van der Waals surface area (Å²) in [5.41, 5.74) is 13.4. The minimum atomic E-state index is -0.475. The molecule has 15 heavy (non-hydrogen) atoms. The lowest BCUT2D eigenvalue weighted by molar-refractivity contribution is 0.380. The third-order valence-electron chi connectivity index (χ3n) is 2.78. The second-order valence-electron chi connectivity index (χ2n) is 3.78. The van der Waals surface area contributed by atoms with E-state index in [1.807, 2.05) is 31.2 Å². The Morgan fingerprint density at radius 2 is 1.87 bits per heavy atom. The summed E-state index contributed by atoms with van der Waals surface area (Å²) in [6.45, 7) is 2.08. The number of benzene rings is 1. The highest BCUT2D eigenvalue weighted by molar-refractivity contribution is 5.26. The van der Waals surface area contributed by atoms with Gasteiger partial charge in [0.1, 0.15) is 6.67 Å². The molecule has 1 aromatic carbocycles. The molecule has 0 bridgehead atoms. The fourth-order valence-electron chi connectivity index (χ4n) is 1.79. The van der Waals surface area contributed by atoms with Crippen LogP contribution in [0, 0.1) is 0 Å². The highest BCUT2D eigenvalue weighted by Crippen LogP contribution is 2.22. The molecule has 0 saturated heterocycles. The molecule has 0 aliphatic carbocycles. The molecule has 0 spiro atoms. The molecule has 0 fully saturated rings. The van der Waals surface area contributed by atoms with E-state index in [4.69, 9.17) is 11.5 Å². The SMILES string of the molecule is CCC(c1ccc(CN)cc1)C(N)CF. The maximum Gasteiger partial charge on any atom is 0.105 e. The second kappa shape index (κ2) is 5.83. The first-order valence-corrected chi connectivity index (χ1v) is 5.33. The Bertz CT molecular complexity index is 284. The van der Waals surface area contributed by atoms with Gasteiger partial charge < -0.3 is 11.5 Å². The Morgan fingerprint density at radius 1 is 1.27 bits per heavy atom. The van der Waals surface area contributed by atoms with Crippen molar-refractivity contribution in [2.24, 2.45) is 11.5 Å². The van der Waals surface area contributed by atoms with E-state index in [1.165, 1.54) is 0 Å². The molecule has 0 heterocycles. The predicted octanol–water partition coefficient (Wildman–Crippen LogP) is 1.94. The molecule has 1 rings (SSSR count). The van der Waals surface area contributed by atoms with Crippen molar-refractivity contribution in [3.05, 3.63) is 35.4 Å². The van der Waals surface area contributed by atoms with Crippen LogP contribution in [0.3, 0.4) is 0 Å². The van der Waals surface area contributed by atoms with Crippen LogP contribution in [-0.4, -0.2) is 12.7 Å². The van der Waals surface area contributed by atoms with Gasteiger partial charge in [0.2, 0.25) is 0 Å². The van der Waals surface area contributed by atoms with Gasteiger partial charge in [-0.1, -0.05) is 31.2 Å². The maximum absolute atomic E-state index is 12.5. The number of halogens is 1. The van der Waals surface area contributed by atoms with Crippen LogP contribution in [0.1, 0.15) is 30.4 Å². The molecule has 2 unspecified atom stereocenters. The van der Waals surface area contributed by atoms with E-state index in [9.17, 15) is 4.39 Å². The number of hydrogen-bond donors (Lipinski definition) is 2. The average Bonchev–Trinajstić information content (AvgIpc) is 2.30. The van der Waals surface area contributed by atoms with E-state index < -0.39 is 12.7 Å². The Kier molecular flexibility index (Phi) is 4.72. The average molecular weight is 210 g/mol. The minimum Gasteiger partial charge on any atom is -0.326 e. The lowest BCUT2D eigenvalue weighted by Crippen LogP contribution is -2.30. The highest BCUT2D eigenvalue weighted by atomic mass is 19.1. The second-order valence-corrected chi connectivity index (χ2v) is 3.78. The summed E-state index contributed by atoms with van der Waals surface area (Å²) in [6.07, 6.45) is 0.854. The fourth-order valence-corrected chi connectivity index (χ4v) is 1.79. The van der Waals surface area contributed by atoms with Crippen LogP contribution in [0.4, 0.5) is 4.39 Å². The fraction of sp³-hybridized carbons (Fsp3) is 0.500. The smallest absolute Gasteiger partial charge is 0.105 e. The van der Waals surface area contributed by atoms with Gasteiger partial charge in [0.25, 0.3) is 0 Å². The molecular formula is C12H19FN2. The van der Waals surface area contributed by atoms with Crippen molar-refractivity contribution in [3.63, 3.8) is 0 Å². The van der Waals surface area contributed by atoms with Gasteiger partial charge in [0, 0.05) is 18.5 Å². The molecule has 0 aliphatic heterocycles. The Balaban J connectivity index is 2.83. The van der Waals surface area contributed by atoms with Crippen LogP contribution in [0.5, 0.6) is 0 Å². The van der Waals surface area contributed by atoms with Gasteiger partial charge in [0.05, 0.1) is 0 Å². The van der Waals surface area contributed by atoms with Crippen LogP contribution < -0.4 is 11.5 Å². The van der Waals surface area contributed by atoms with Crippen LogP contribution in [0.2, 0.25) is 0 Å². The molecule has 3 heteroatoms. The summed E-state index contributed by atoms with van der Waals surface area (Å²) in [4.78, 5) is 0. The zero-order valence-corrected chi connectivity index (χ0v) is 9.12. The highest BCUT2D eigenvalue weighted by Gasteiger charge is 2.17. The maximum atomic E-state index is 12.5. The van der Waals surface area contributed by atoms with E-state index in [1.54, 1.807) is 0 Å². The lowest BCUT2D eigenvalue weighted by Gasteiger charge is -2.20. The summed E-state index contributed by atoms with van der Waals surface area (Å²) in [7, 11) is 0. The van der Waals surface area contributed by atoms with Gasteiger partial charge in [-0.25, -0.2) is 4.39 Å². The summed E-state index contributed by atoms with van der Waals surface area (Å²) in [5, 5.41) is 0. The van der Waals surface area contributed by atoms with Gasteiger partial charge in [-0.2, -0.15) is 0 Å². The standard InChI is InChI=1S/C12H19FN2/c1-2-11(12(15)7-13)10-5-3-9(8-14)4-6-10/h3-6,11-12H,2,7-8,14-15H2,1H3. The van der Waals surface area contributed by atoms with Gasteiger partial charge in [0.15, 0.2) is 0 Å². The van der Waals surface area contributed by atoms with Crippen LogP contribution in [0.15, 0.2) is 24.3 Å². The van der Waals surface area contributed by atoms with Crippen LogP contribution in [-0.2, 0) is 6.54 Å². The zero-order valence-electron chi connectivity index (χ0n) is 9.12. The van der Waals surface area contributed by atoms with Gasteiger partial charge in [-0.3, -0.25) is 0 Å². The van der Waals surface area contributed by atoms with Crippen molar-refractivity contribution in [1.29, 1.82) is 0 Å². The first-order chi connectivity index (χ1) is 7.22. The number of alkyl halides is 1.